The molecule has 1 atom stereocenters. The lowest BCUT2D eigenvalue weighted by Crippen LogP contribution is -2.46. The lowest BCUT2D eigenvalue weighted by molar-refractivity contribution is -0.129. The van der Waals surface area contributed by atoms with Crippen LogP contribution in [0.4, 0.5) is 4.39 Å². The summed E-state index contributed by atoms with van der Waals surface area (Å²) >= 11 is 0. The molecule has 0 saturated carbocycles. The van der Waals surface area contributed by atoms with Gasteiger partial charge in [0.05, 0.1) is 0 Å². The molecule has 1 fully saturated rings. The number of hydrogen-bond acceptors (Lipinski definition) is 4. The standard InChI is InChI=1S/C30H55FN4O/c1-5-8-16-28(31)17-11-14-23-35-26-24-34(25-27-35)22-13-10-9-12-18-30(7-3,29(32)36)19-15-21-33(4)20-6-2/h5,8,11,14,17H,6-7,9-10,12-13,15-16,18-27H2,1-4H3,(H2,32,36)/b8-5?,14-11+,28-17+. The molecule has 1 unspecified atom stereocenters. The maximum atomic E-state index is 13.5. The van der Waals surface area contributed by atoms with Crippen LogP contribution in [0.2, 0.25) is 0 Å². The Kier molecular flexibility index (Phi) is 17.7. The molecule has 1 rings (SSSR count). The molecule has 1 aliphatic rings. The van der Waals surface area contributed by atoms with Crippen LogP contribution < -0.4 is 5.73 Å². The van der Waals surface area contributed by atoms with E-state index in [9.17, 15) is 9.18 Å². The predicted molar refractivity (Wildman–Crippen MR) is 153 cm³/mol. The van der Waals surface area contributed by atoms with Crippen molar-refractivity contribution < 1.29 is 9.18 Å². The van der Waals surface area contributed by atoms with Crippen LogP contribution in [0.25, 0.3) is 0 Å². The van der Waals surface area contributed by atoms with Gasteiger partial charge in [-0.2, -0.15) is 0 Å². The third kappa shape index (κ3) is 13.7. The summed E-state index contributed by atoms with van der Waals surface area (Å²) in [6, 6.07) is 0. The molecule has 0 aromatic heterocycles. The van der Waals surface area contributed by atoms with Crippen molar-refractivity contribution in [3.63, 3.8) is 0 Å². The van der Waals surface area contributed by atoms with E-state index >= 15 is 0 Å². The topological polar surface area (TPSA) is 52.8 Å². The van der Waals surface area contributed by atoms with Crippen molar-refractivity contribution in [3.8, 4) is 0 Å². The molecular weight excluding hydrogens is 451 g/mol. The van der Waals surface area contributed by atoms with Gasteiger partial charge in [0.25, 0.3) is 0 Å². The Morgan fingerprint density at radius 3 is 2.28 bits per heavy atom. The van der Waals surface area contributed by atoms with Gasteiger partial charge >= 0.3 is 0 Å². The van der Waals surface area contributed by atoms with Gasteiger partial charge in [-0.3, -0.25) is 9.69 Å². The number of halogens is 1. The number of nitrogens with two attached hydrogens (primary N) is 1. The summed E-state index contributed by atoms with van der Waals surface area (Å²) in [6.07, 6.45) is 19.1. The normalized spacial score (nSPS) is 18.0. The predicted octanol–water partition coefficient (Wildman–Crippen LogP) is 5.93. The largest absolute Gasteiger partial charge is 0.369 e. The molecule has 0 spiro atoms. The average Bonchev–Trinajstić information content (AvgIpc) is 2.87. The third-order valence-corrected chi connectivity index (χ3v) is 7.67. The number of unbranched alkanes of at least 4 members (excludes halogenated alkanes) is 3. The minimum Gasteiger partial charge on any atom is -0.369 e. The molecule has 1 aliphatic heterocycles. The van der Waals surface area contributed by atoms with E-state index in [-0.39, 0.29) is 17.1 Å². The molecule has 6 heteroatoms. The Balaban J connectivity index is 2.21. The second kappa shape index (κ2) is 19.6. The molecule has 0 aromatic rings. The van der Waals surface area contributed by atoms with Crippen molar-refractivity contribution in [1.29, 1.82) is 0 Å². The van der Waals surface area contributed by atoms with E-state index in [0.717, 1.165) is 90.9 Å². The number of nitrogens with zero attached hydrogens (tertiary/aromatic N) is 3. The molecule has 0 bridgehead atoms. The first kappa shape index (κ1) is 32.5. The molecule has 0 aliphatic carbocycles. The monoisotopic (exact) mass is 506 g/mol. The van der Waals surface area contributed by atoms with E-state index in [2.05, 4.69) is 41.7 Å². The number of carbonyl (C=O) groups excluding carboxylic acids is 1. The lowest BCUT2D eigenvalue weighted by Gasteiger charge is -2.34. The summed E-state index contributed by atoms with van der Waals surface area (Å²) in [6.45, 7) is 14.8. The van der Waals surface area contributed by atoms with Gasteiger partial charge in [-0.05, 0) is 78.2 Å². The lowest BCUT2D eigenvalue weighted by atomic mass is 9.75. The molecule has 36 heavy (non-hydrogen) atoms. The van der Waals surface area contributed by atoms with Crippen LogP contribution in [-0.4, -0.2) is 80.0 Å². The van der Waals surface area contributed by atoms with Crippen molar-refractivity contribution in [2.75, 3.05) is 59.4 Å². The fraction of sp³-hybridized carbons (Fsp3) is 0.767. The van der Waals surface area contributed by atoms with Gasteiger partial charge in [0.15, 0.2) is 0 Å². The maximum Gasteiger partial charge on any atom is 0.223 e. The zero-order valence-corrected chi connectivity index (χ0v) is 23.8. The second-order valence-electron chi connectivity index (χ2n) is 10.5. The number of primary amides is 1. The highest BCUT2D eigenvalue weighted by atomic mass is 19.1. The molecule has 0 radical (unpaired) electrons. The van der Waals surface area contributed by atoms with Crippen molar-refractivity contribution in [2.45, 2.75) is 85.0 Å². The second-order valence-corrected chi connectivity index (χ2v) is 10.5. The molecule has 1 heterocycles. The van der Waals surface area contributed by atoms with E-state index in [4.69, 9.17) is 5.73 Å². The summed E-state index contributed by atoms with van der Waals surface area (Å²) < 4.78 is 13.5. The summed E-state index contributed by atoms with van der Waals surface area (Å²) in [4.78, 5) is 19.7. The minimum atomic E-state index is -0.327. The van der Waals surface area contributed by atoms with Crippen LogP contribution in [0.5, 0.6) is 0 Å². The first-order valence-corrected chi connectivity index (χ1v) is 14.4. The number of amides is 1. The molecule has 0 aromatic carbocycles. The number of hydrogen-bond donors (Lipinski definition) is 1. The Morgan fingerprint density at radius 2 is 1.64 bits per heavy atom. The smallest absolute Gasteiger partial charge is 0.223 e. The zero-order valence-electron chi connectivity index (χ0n) is 23.8. The van der Waals surface area contributed by atoms with E-state index < -0.39 is 0 Å². The van der Waals surface area contributed by atoms with Gasteiger partial charge in [0.2, 0.25) is 5.91 Å². The van der Waals surface area contributed by atoms with Gasteiger partial charge < -0.3 is 15.5 Å². The van der Waals surface area contributed by atoms with Crippen LogP contribution in [0.1, 0.15) is 85.0 Å². The Bertz CT molecular complexity index is 670. The van der Waals surface area contributed by atoms with Gasteiger partial charge in [-0.15, -0.1) is 0 Å². The highest BCUT2D eigenvalue weighted by molar-refractivity contribution is 5.80. The fourth-order valence-electron chi connectivity index (χ4n) is 5.11. The van der Waals surface area contributed by atoms with E-state index in [1.54, 1.807) is 6.08 Å². The fourth-order valence-corrected chi connectivity index (χ4v) is 5.11. The molecule has 208 valence electrons. The minimum absolute atomic E-state index is 0.0978. The van der Waals surface area contributed by atoms with Crippen LogP contribution in [0.3, 0.4) is 0 Å². The first-order valence-electron chi connectivity index (χ1n) is 14.4. The van der Waals surface area contributed by atoms with E-state index in [1.807, 2.05) is 25.2 Å². The Hall–Kier alpha value is -1.50. The van der Waals surface area contributed by atoms with Gasteiger partial charge in [0, 0.05) is 44.6 Å². The molecule has 2 N–H and O–H groups in total. The highest BCUT2D eigenvalue weighted by Crippen LogP contribution is 2.34. The number of piperazine rings is 1. The van der Waals surface area contributed by atoms with Crippen LogP contribution in [-0.2, 0) is 4.79 Å². The van der Waals surface area contributed by atoms with E-state index in [0.29, 0.717) is 6.42 Å². The van der Waals surface area contributed by atoms with Crippen LogP contribution in [0, 0.1) is 5.41 Å². The number of carbonyl (C=O) groups is 1. The molecule has 1 saturated heterocycles. The first-order chi connectivity index (χ1) is 17.4. The van der Waals surface area contributed by atoms with Crippen molar-refractivity contribution in [3.05, 3.63) is 36.2 Å². The van der Waals surface area contributed by atoms with Crippen molar-refractivity contribution >= 4 is 5.91 Å². The molecule has 5 nitrogen and oxygen atoms in total. The van der Waals surface area contributed by atoms with Crippen molar-refractivity contribution in [2.24, 2.45) is 11.1 Å². The maximum absolute atomic E-state index is 13.5. The summed E-state index contributed by atoms with van der Waals surface area (Å²) in [5.41, 5.74) is 5.56. The summed E-state index contributed by atoms with van der Waals surface area (Å²) in [5, 5.41) is 0. The van der Waals surface area contributed by atoms with Crippen LogP contribution >= 0.6 is 0 Å². The van der Waals surface area contributed by atoms with Crippen molar-refractivity contribution in [1.82, 2.24) is 14.7 Å². The molecule has 1 amide bonds. The van der Waals surface area contributed by atoms with E-state index in [1.165, 1.54) is 19.3 Å². The average molecular weight is 507 g/mol. The third-order valence-electron chi connectivity index (χ3n) is 7.67. The van der Waals surface area contributed by atoms with Gasteiger partial charge in [-0.1, -0.05) is 57.4 Å². The summed E-state index contributed by atoms with van der Waals surface area (Å²) in [5.74, 6) is -0.204. The van der Waals surface area contributed by atoms with Crippen LogP contribution in [0.15, 0.2) is 36.2 Å². The molecular formula is C30H55FN4O. The van der Waals surface area contributed by atoms with Gasteiger partial charge in [-0.25, -0.2) is 4.39 Å². The Morgan fingerprint density at radius 1 is 0.972 bits per heavy atom. The quantitative estimate of drug-likeness (QED) is 0.126. The Labute approximate surface area is 221 Å². The summed E-state index contributed by atoms with van der Waals surface area (Å²) in [7, 11) is 2.16. The number of allylic oxidation sites excluding steroid dienone is 5. The SMILES string of the molecule is CC=CC/C(F)=C\C=C\CN1CCN(CCCCCCC(CC)(CCCN(C)CCC)C(N)=O)CC1. The van der Waals surface area contributed by atoms with Gasteiger partial charge in [0.1, 0.15) is 5.83 Å². The highest BCUT2D eigenvalue weighted by Gasteiger charge is 2.33. The number of rotatable bonds is 20. The zero-order chi connectivity index (χ0) is 26.7.